The number of nitrogens with one attached hydrogen (secondary N) is 1. The molecule has 0 saturated carbocycles. The van der Waals surface area contributed by atoms with Crippen molar-refractivity contribution in [3.8, 4) is 11.3 Å². The monoisotopic (exact) mass is 307 g/mol. The molecule has 2 aromatic heterocycles. The third-order valence-electron chi connectivity index (χ3n) is 3.31. The Morgan fingerprint density at radius 3 is 2.61 bits per heavy atom. The Bertz CT molecular complexity index is 852. The van der Waals surface area contributed by atoms with Gasteiger partial charge < -0.3 is 5.32 Å². The van der Waals surface area contributed by atoms with Crippen LogP contribution in [0, 0.1) is 17.0 Å². The average molecular weight is 307 g/mol. The van der Waals surface area contributed by atoms with E-state index in [2.05, 4.69) is 20.3 Å². The lowest BCUT2D eigenvalue weighted by Gasteiger charge is -2.09. The minimum absolute atomic E-state index is 0.0170. The highest BCUT2D eigenvalue weighted by Gasteiger charge is 2.10. The van der Waals surface area contributed by atoms with Gasteiger partial charge in [0.15, 0.2) is 0 Å². The van der Waals surface area contributed by atoms with Gasteiger partial charge in [-0.3, -0.25) is 15.1 Å². The van der Waals surface area contributed by atoms with Crippen molar-refractivity contribution in [1.29, 1.82) is 0 Å². The summed E-state index contributed by atoms with van der Waals surface area (Å²) in [6, 6.07) is 10.1. The molecule has 0 atom stereocenters. The van der Waals surface area contributed by atoms with Crippen molar-refractivity contribution in [3.05, 3.63) is 70.7 Å². The maximum atomic E-state index is 10.9. The molecule has 7 nitrogen and oxygen atoms in total. The zero-order valence-electron chi connectivity index (χ0n) is 12.3. The molecule has 0 saturated heterocycles. The highest BCUT2D eigenvalue weighted by Crippen LogP contribution is 2.25. The zero-order valence-corrected chi connectivity index (χ0v) is 12.3. The van der Waals surface area contributed by atoms with E-state index in [-0.39, 0.29) is 5.69 Å². The summed E-state index contributed by atoms with van der Waals surface area (Å²) in [4.78, 5) is 23.0. The molecule has 1 aromatic carbocycles. The lowest BCUT2D eigenvalue weighted by molar-refractivity contribution is -0.384. The minimum atomic E-state index is -0.432. The molecule has 0 aliphatic rings. The van der Waals surface area contributed by atoms with Gasteiger partial charge in [-0.25, -0.2) is 9.97 Å². The van der Waals surface area contributed by atoms with Crippen LogP contribution in [0.2, 0.25) is 0 Å². The summed E-state index contributed by atoms with van der Waals surface area (Å²) in [5.41, 5.74) is 3.15. The third-order valence-corrected chi connectivity index (χ3v) is 3.31. The van der Waals surface area contributed by atoms with E-state index in [0.717, 1.165) is 16.8 Å². The summed E-state index contributed by atoms with van der Waals surface area (Å²) in [6.45, 7) is 1.86. The molecule has 114 valence electrons. The Morgan fingerprint density at radius 2 is 1.87 bits per heavy atom. The predicted molar refractivity (Wildman–Crippen MR) is 86.4 cm³/mol. The molecule has 0 fully saturated rings. The molecule has 0 amide bonds. The van der Waals surface area contributed by atoms with Crippen LogP contribution in [0.15, 0.2) is 55.0 Å². The number of pyridine rings is 1. The summed E-state index contributed by atoms with van der Waals surface area (Å²) in [6.07, 6.45) is 5.02. The fraction of sp³-hybridized carbons (Fsp3) is 0.0625. The number of nitro benzene ring substituents is 1. The van der Waals surface area contributed by atoms with Crippen LogP contribution < -0.4 is 5.32 Å². The number of aryl methyl sites for hydroxylation is 1. The second kappa shape index (κ2) is 6.18. The molecule has 0 aliphatic carbocycles. The molecule has 3 rings (SSSR count). The van der Waals surface area contributed by atoms with Crippen LogP contribution in [0.3, 0.4) is 0 Å². The van der Waals surface area contributed by atoms with Gasteiger partial charge >= 0.3 is 0 Å². The van der Waals surface area contributed by atoms with Gasteiger partial charge in [0, 0.05) is 36.3 Å². The van der Waals surface area contributed by atoms with Crippen LogP contribution in [0.5, 0.6) is 0 Å². The van der Waals surface area contributed by atoms with E-state index in [1.54, 1.807) is 30.7 Å². The predicted octanol–water partition coefficient (Wildman–Crippen LogP) is 3.50. The molecule has 0 radical (unpaired) electrons. The first-order valence-corrected chi connectivity index (χ1v) is 6.89. The molecular weight excluding hydrogens is 294 g/mol. The van der Waals surface area contributed by atoms with Crippen LogP contribution in [0.25, 0.3) is 11.3 Å². The van der Waals surface area contributed by atoms with Gasteiger partial charge in [0.1, 0.15) is 0 Å². The number of non-ortho nitro benzene ring substituents is 1. The molecule has 7 heteroatoms. The molecular formula is C16H13N5O2. The van der Waals surface area contributed by atoms with E-state index in [1.807, 2.05) is 19.1 Å². The molecule has 3 aromatic rings. The van der Waals surface area contributed by atoms with Crippen LogP contribution in [0.1, 0.15) is 5.56 Å². The second-order valence-electron chi connectivity index (χ2n) is 4.88. The SMILES string of the molecule is Cc1ccc([N+](=O)[O-])cc1Nc1nccc(-c2ccncc2)n1. The normalized spacial score (nSPS) is 10.3. The fourth-order valence-corrected chi connectivity index (χ4v) is 2.08. The Labute approximate surface area is 132 Å². The van der Waals surface area contributed by atoms with Crippen LogP contribution in [-0.4, -0.2) is 19.9 Å². The lowest BCUT2D eigenvalue weighted by atomic mass is 10.2. The molecule has 23 heavy (non-hydrogen) atoms. The summed E-state index contributed by atoms with van der Waals surface area (Å²) in [5, 5.41) is 13.9. The third kappa shape index (κ3) is 3.29. The van der Waals surface area contributed by atoms with Gasteiger partial charge in [-0.15, -0.1) is 0 Å². The van der Waals surface area contributed by atoms with Crippen LogP contribution in [0.4, 0.5) is 17.3 Å². The van der Waals surface area contributed by atoms with E-state index in [1.165, 1.54) is 12.1 Å². The van der Waals surface area contributed by atoms with Crippen LogP contribution >= 0.6 is 0 Å². The smallest absolute Gasteiger partial charge is 0.271 e. The highest BCUT2D eigenvalue weighted by atomic mass is 16.6. The number of hydrogen-bond acceptors (Lipinski definition) is 6. The standard InChI is InChI=1S/C16H13N5O2/c1-11-2-3-13(21(22)23)10-15(11)20-16-18-9-6-14(19-16)12-4-7-17-8-5-12/h2-10H,1H3,(H,18,19,20). The van der Waals surface area contributed by atoms with Crippen molar-refractivity contribution >= 4 is 17.3 Å². The number of nitro groups is 1. The van der Waals surface area contributed by atoms with Crippen molar-refractivity contribution < 1.29 is 4.92 Å². The number of benzene rings is 1. The van der Waals surface area contributed by atoms with Gasteiger partial charge in [-0.05, 0) is 30.7 Å². The van der Waals surface area contributed by atoms with E-state index in [0.29, 0.717) is 11.6 Å². The van der Waals surface area contributed by atoms with E-state index in [4.69, 9.17) is 0 Å². The maximum Gasteiger partial charge on any atom is 0.271 e. The molecule has 0 bridgehead atoms. The summed E-state index contributed by atoms with van der Waals surface area (Å²) in [7, 11) is 0. The minimum Gasteiger partial charge on any atom is -0.324 e. The Kier molecular flexibility index (Phi) is 3.92. The van der Waals surface area contributed by atoms with Gasteiger partial charge in [0.2, 0.25) is 5.95 Å². The molecule has 0 spiro atoms. The molecule has 0 aliphatic heterocycles. The first-order valence-electron chi connectivity index (χ1n) is 6.89. The number of rotatable bonds is 4. The van der Waals surface area contributed by atoms with E-state index < -0.39 is 4.92 Å². The second-order valence-corrected chi connectivity index (χ2v) is 4.88. The van der Waals surface area contributed by atoms with Crippen molar-refractivity contribution in [1.82, 2.24) is 15.0 Å². The Morgan fingerprint density at radius 1 is 1.09 bits per heavy atom. The van der Waals surface area contributed by atoms with Crippen LogP contribution in [-0.2, 0) is 0 Å². The average Bonchev–Trinajstić information content (AvgIpc) is 2.58. The van der Waals surface area contributed by atoms with Gasteiger partial charge in [-0.2, -0.15) is 0 Å². The zero-order chi connectivity index (χ0) is 16.2. The summed E-state index contributed by atoms with van der Waals surface area (Å²) < 4.78 is 0. The fourth-order valence-electron chi connectivity index (χ4n) is 2.08. The van der Waals surface area contributed by atoms with Crippen molar-refractivity contribution in [2.75, 3.05) is 5.32 Å². The van der Waals surface area contributed by atoms with E-state index in [9.17, 15) is 10.1 Å². The number of nitrogens with zero attached hydrogens (tertiary/aromatic N) is 4. The number of hydrogen-bond donors (Lipinski definition) is 1. The van der Waals surface area contributed by atoms with Crippen molar-refractivity contribution in [2.24, 2.45) is 0 Å². The lowest BCUT2D eigenvalue weighted by Crippen LogP contribution is -2.00. The quantitative estimate of drug-likeness (QED) is 0.585. The van der Waals surface area contributed by atoms with Crippen molar-refractivity contribution in [2.45, 2.75) is 6.92 Å². The van der Waals surface area contributed by atoms with Gasteiger partial charge in [-0.1, -0.05) is 6.07 Å². The maximum absolute atomic E-state index is 10.9. The molecule has 0 unspecified atom stereocenters. The number of anilines is 2. The van der Waals surface area contributed by atoms with Gasteiger partial charge in [0.05, 0.1) is 16.3 Å². The largest absolute Gasteiger partial charge is 0.324 e. The summed E-state index contributed by atoms with van der Waals surface area (Å²) in [5.74, 6) is 0.378. The van der Waals surface area contributed by atoms with Crippen molar-refractivity contribution in [3.63, 3.8) is 0 Å². The topological polar surface area (TPSA) is 93.8 Å². The Balaban J connectivity index is 1.92. The van der Waals surface area contributed by atoms with Gasteiger partial charge in [0.25, 0.3) is 5.69 Å². The van der Waals surface area contributed by atoms with E-state index >= 15 is 0 Å². The number of aromatic nitrogens is 3. The summed E-state index contributed by atoms with van der Waals surface area (Å²) >= 11 is 0. The highest BCUT2D eigenvalue weighted by molar-refractivity contribution is 5.64. The molecule has 2 heterocycles. The first-order chi connectivity index (χ1) is 11.1. The first kappa shape index (κ1) is 14.6. The molecule has 1 N–H and O–H groups in total. The Hall–Kier alpha value is -3.35.